The molecule has 4 nitrogen and oxygen atoms in total. The van der Waals surface area contributed by atoms with Crippen LogP contribution in [0.2, 0.25) is 0 Å². The van der Waals surface area contributed by atoms with Gasteiger partial charge in [-0.15, -0.1) is 0 Å². The van der Waals surface area contributed by atoms with E-state index in [0.717, 1.165) is 16.9 Å². The normalized spacial score (nSPS) is 12.3. The van der Waals surface area contributed by atoms with E-state index in [2.05, 4.69) is 0 Å². The number of para-hydroxylation sites is 1. The molecule has 0 aliphatic rings. The summed E-state index contributed by atoms with van der Waals surface area (Å²) in [6, 6.07) is 18.9. The van der Waals surface area contributed by atoms with Crippen LogP contribution in [0.15, 0.2) is 71.7 Å². The molecule has 1 unspecified atom stereocenters. The third kappa shape index (κ3) is 2.73. The molecule has 2 aromatic carbocycles. The van der Waals surface area contributed by atoms with Crippen molar-refractivity contribution in [3.05, 3.63) is 88.6 Å². The molecule has 0 bridgehead atoms. The smallest absolute Gasteiger partial charge is 0.333 e. The van der Waals surface area contributed by atoms with Gasteiger partial charge in [0.05, 0.1) is 18.3 Å². The van der Waals surface area contributed by atoms with Gasteiger partial charge in [0, 0.05) is 11.9 Å². The minimum absolute atomic E-state index is 0.140. The van der Waals surface area contributed by atoms with Crippen molar-refractivity contribution in [1.82, 2.24) is 9.13 Å². The van der Waals surface area contributed by atoms with Crippen molar-refractivity contribution in [3.63, 3.8) is 0 Å². The van der Waals surface area contributed by atoms with Crippen LogP contribution < -0.4 is 5.69 Å². The molecule has 0 aliphatic heterocycles. The van der Waals surface area contributed by atoms with E-state index in [9.17, 15) is 9.90 Å². The van der Waals surface area contributed by atoms with Crippen LogP contribution in [0.5, 0.6) is 0 Å². The van der Waals surface area contributed by atoms with Gasteiger partial charge in [0.25, 0.3) is 0 Å². The fourth-order valence-electron chi connectivity index (χ4n) is 2.61. The van der Waals surface area contributed by atoms with Crippen molar-refractivity contribution in [3.8, 4) is 5.69 Å². The Kier molecular flexibility index (Phi) is 3.94. The van der Waals surface area contributed by atoms with Crippen LogP contribution in [0.4, 0.5) is 0 Å². The summed E-state index contributed by atoms with van der Waals surface area (Å²) in [5.74, 6) is 0. The number of nitrogens with zero attached hydrogens (tertiary/aromatic N) is 2. The Bertz CT molecular complexity index is 804. The number of aryl methyl sites for hydroxylation is 1. The first-order chi connectivity index (χ1) is 10.7. The van der Waals surface area contributed by atoms with Crippen LogP contribution >= 0.6 is 0 Å². The fourth-order valence-corrected chi connectivity index (χ4v) is 2.61. The van der Waals surface area contributed by atoms with E-state index in [-0.39, 0.29) is 12.2 Å². The minimum Gasteiger partial charge on any atom is -0.387 e. The molecule has 1 atom stereocenters. The highest BCUT2D eigenvalue weighted by atomic mass is 16.3. The standard InChI is InChI=1S/C18H18N2O2/c1-14-12-19(13-17(21)15-8-4-2-5-9-15)18(22)20(14)16-10-6-3-7-11-16/h2-12,17,21H,13H2,1H3. The van der Waals surface area contributed by atoms with Crippen LogP contribution in [0.1, 0.15) is 17.4 Å². The van der Waals surface area contributed by atoms with E-state index in [1.54, 1.807) is 15.3 Å². The maximum absolute atomic E-state index is 12.6. The van der Waals surface area contributed by atoms with E-state index in [0.29, 0.717) is 0 Å². The Morgan fingerprint density at radius 3 is 2.23 bits per heavy atom. The molecular weight excluding hydrogens is 276 g/mol. The lowest BCUT2D eigenvalue weighted by atomic mass is 10.1. The summed E-state index contributed by atoms with van der Waals surface area (Å²) in [6.45, 7) is 2.13. The highest BCUT2D eigenvalue weighted by Crippen LogP contribution is 2.15. The number of imidazole rings is 1. The molecule has 0 amide bonds. The van der Waals surface area contributed by atoms with Gasteiger partial charge >= 0.3 is 5.69 Å². The predicted octanol–water partition coefficient (Wildman–Crippen LogP) is 2.68. The summed E-state index contributed by atoms with van der Waals surface area (Å²) >= 11 is 0. The van der Waals surface area contributed by atoms with E-state index in [1.165, 1.54) is 0 Å². The summed E-state index contributed by atoms with van der Waals surface area (Å²) in [7, 11) is 0. The second-order valence-electron chi connectivity index (χ2n) is 5.30. The van der Waals surface area contributed by atoms with Gasteiger partial charge in [-0.1, -0.05) is 48.5 Å². The number of aliphatic hydroxyl groups is 1. The van der Waals surface area contributed by atoms with Crippen molar-refractivity contribution >= 4 is 0 Å². The maximum atomic E-state index is 12.6. The predicted molar refractivity (Wildman–Crippen MR) is 86.2 cm³/mol. The number of hydrogen-bond acceptors (Lipinski definition) is 2. The number of aliphatic hydroxyl groups excluding tert-OH is 1. The molecule has 0 aliphatic carbocycles. The van der Waals surface area contributed by atoms with E-state index in [1.807, 2.05) is 67.6 Å². The van der Waals surface area contributed by atoms with Crippen molar-refractivity contribution in [2.24, 2.45) is 0 Å². The van der Waals surface area contributed by atoms with Gasteiger partial charge in [-0.05, 0) is 24.6 Å². The Hall–Kier alpha value is -2.59. The molecule has 0 fully saturated rings. The molecule has 3 aromatic rings. The van der Waals surface area contributed by atoms with Gasteiger partial charge in [-0.3, -0.25) is 9.13 Å². The van der Waals surface area contributed by atoms with Crippen molar-refractivity contribution < 1.29 is 5.11 Å². The monoisotopic (exact) mass is 294 g/mol. The van der Waals surface area contributed by atoms with Gasteiger partial charge in [0.2, 0.25) is 0 Å². The number of aromatic nitrogens is 2. The molecule has 22 heavy (non-hydrogen) atoms. The maximum Gasteiger partial charge on any atom is 0.333 e. The number of rotatable bonds is 4. The van der Waals surface area contributed by atoms with Gasteiger partial charge in [-0.2, -0.15) is 0 Å². The lowest BCUT2D eigenvalue weighted by Gasteiger charge is -2.10. The molecule has 0 saturated carbocycles. The van der Waals surface area contributed by atoms with Gasteiger partial charge in [0.1, 0.15) is 0 Å². The van der Waals surface area contributed by atoms with Gasteiger partial charge in [-0.25, -0.2) is 4.79 Å². The molecule has 0 saturated heterocycles. The summed E-state index contributed by atoms with van der Waals surface area (Å²) < 4.78 is 3.21. The summed E-state index contributed by atoms with van der Waals surface area (Å²) in [5.41, 5.74) is 2.34. The highest BCUT2D eigenvalue weighted by molar-refractivity contribution is 5.33. The topological polar surface area (TPSA) is 47.2 Å². The molecule has 1 aromatic heterocycles. The summed E-state index contributed by atoms with van der Waals surface area (Å²) in [6.07, 6.45) is 1.08. The molecular formula is C18H18N2O2. The summed E-state index contributed by atoms with van der Waals surface area (Å²) in [4.78, 5) is 12.6. The van der Waals surface area contributed by atoms with Crippen molar-refractivity contribution in [2.45, 2.75) is 19.6 Å². The second-order valence-corrected chi connectivity index (χ2v) is 5.30. The first-order valence-electron chi connectivity index (χ1n) is 7.24. The van der Waals surface area contributed by atoms with E-state index < -0.39 is 6.10 Å². The zero-order valence-electron chi connectivity index (χ0n) is 12.4. The van der Waals surface area contributed by atoms with Crippen molar-refractivity contribution in [1.29, 1.82) is 0 Å². The number of hydrogen-bond donors (Lipinski definition) is 1. The SMILES string of the molecule is Cc1cn(CC(O)c2ccccc2)c(=O)n1-c1ccccc1. The van der Waals surface area contributed by atoms with Crippen LogP contribution in [0.25, 0.3) is 5.69 Å². The van der Waals surface area contributed by atoms with E-state index >= 15 is 0 Å². The second kappa shape index (κ2) is 6.03. The lowest BCUT2D eigenvalue weighted by Crippen LogP contribution is -2.25. The first kappa shape index (κ1) is 14.4. The Morgan fingerprint density at radius 1 is 1.00 bits per heavy atom. The van der Waals surface area contributed by atoms with Crippen LogP contribution in [-0.4, -0.2) is 14.2 Å². The third-order valence-electron chi connectivity index (χ3n) is 3.70. The fraction of sp³-hybridized carbons (Fsp3) is 0.167. The third-order valence-corrected chi connectivity index (χ3v) is 3.70. The average molecular weight is 294 g/mol. The molecule has 1 N–H and O–H groups in total. The molecule has 0 radical (unpaired) electrons. The van der Waals surface area contributed by atoms with Crippen LogP contribution in [-0.2, 0) is 6.54 Å². The molecule has 112 valence electrons. The molecule has 4 heteroatoms. The molecule has 0 spiro atoms. The highest BCUT2D eigenvalue weighted by Gasteiger charge is 2.14. The Labute approximate surface area is 128 Å². The summed E-state index contributed by atoms with van der Waals surface area (Å²) in [5, 5.41) is 10.3. The van der Waals surface area contributed by atoms with E-state index in [4.69, 9.17) is 0 Å². The van der Waals surface area contributed by atoms with Crippen LogP contribution in [0, 0.1) is 6.92 Å². The number of benzene rings is 2. The van der Waals surface area contributed by atoms with Gasteiger partial charge in [0.15, 0.2) is 0 Å². The zero-order chi connectivity index (χ0) is 15.5. The molecule has 1 heterocycles. The Balaban J connectivity index is 1.92. The quantitative estimate of drug-likeness (QED) is 0.804. The largest absolute Gasteiger partial charge is 0.387 e. The molecule has 3 rings (SSSR count). The zero-order valence-corrected chi connectivity index (χ0v) is 12.4. The average Bonchev–Trinajstić information content (AvgIpc) is 2.83. The van der Waals surface area contributed by atoms with Gasteiger partial charge < -0.3 is 5.11 Å². The minimum atomic E-state index is -0.704. The Morgan fingerprint density at radius 2 is 1.59 bits per heavy atom. The van der Waals surface area contributed by atoms with Crippen molar-refractivity contribution in [2.75, 3.05) is 0 Å². The lowest BCUT2D eigenvalue weighted by molar-refractivity contribution is 0.155. The first-order valence-corrected chi connectivity index (χ1v) is 7.24. The van der Waals surface area contributed by atoms with Crippen LogP contribution in [0.3, 0.4) is 0 Å².